The number of hydrogen-bond acceptors (Lipinski definition) is 5. The van der Waals surface area contributed by atoms with Crippen LogP contribution in [0.4, 0.5) is 10.1 Å². The van der Waals surface area contributed by atoms with Gasteiger partial charge in [-0.05, 0) is 23.8 Å². The number of nitrogens with zero attached hydrogens (tertiary/aromatic N) is 4. The molecule has 9 nitrogen and oxygen atoms in total. The Balaban J connectivity index is 1.69. The third-order valence-electron chi connectivity index (χ3n) is 5.37. The lowest BCUT2D eigenvalue weighted by atomic mass is 10.2. The molecule has 4 rings (SSSR count). The number of nitrogens with one attached hydrogen (secondary N) is 1. The van der Waals surface area contributed by atoms with E-state index in [0.717, 1.165) is 10.1 Å². The molecule has 0 unspecified atom stereocenters. The summed E-state index contributed by atoms with van der Waals surface area (Å²) in [7, 11) is 1.56. The SMILES string of the molecule is COCCn1cnc2c1c(=O)n(CCC(=O)Nc1cccc(F)c1)c(=O)n2Cc1ccccc1. The van der Waals surface area contributed by atoms with Crippen LogP contribution < -0.4 is 16.6 Å². The van der Waals surface area contributed by atoms with Crippen molar-refractivity contribution in [3.8, 4) is 0 Å². The second kappa shape index (κ2) is 10.3. The zero-order valence-corrected chi connectivity index (χ0v) is 18.6. The van der Waals surface area contributed by atoms with Gasteiger partial charge in [-0.2, -0.15) is 0 Å². The lowest BCUT2D eigenvalue weighted by molar-refractivity contribution is -0.116. The Morgan fingerprint density at radius 1 is 1.06 bits per heavy atom. The molecule has 1 N–H and O–H groups in total. The van der Waals surface area contributed by atoms with E-state index in [1.54, 1.807) is 17.7 Å². The van der Waals surface area contributed by atoms with Crippen molar-refractivity contribution in [2.24, 2.45) is 0 Å². The summed E-state index contributed by atoms with van der Waals surface area (Å²) in [4.78, 5) is 43.4. The predicted molar refractivity (Wildman–Crippen MR) is 125 cm³/mol. The quantitative estimate of drug-likeness (QED) is 0.409. The van der Waals surface area contributed by atoms with Gasteiger partial charge < -0.3 is 14.6 Å². The number of rotatable bonds is 9. The molecule has 0 radical (unpaired) electrons. The number of fused-ring (bicyclic) bond motifs is 1. The minimum Gasteiger partial charge on any atom is -0.383 e. The summed E-state index contributed by atoms with van der Waals surface area (Å²) in [5.41, 5.74) is 0.611. The van der Waals surface area contributed by atoms with E-state index in [4.69, 9.17) is 4.74 Å². The molecule has 0 saturated heterocycles. The fourth-order valence-electron chi connectivity index (χ4n) is 3.71. The van der Waals surface area contributed by atoms with E-state index in [1.165, 1.54) is 29.1 Å². The number of aromatic nitrogens is 4. The fraction of sp³-hybridized carbons (Fsp3) is 0.250. The second-order valence-corrected chi connectivity index (χ2v) is 7.72. The lowest BCUT2D eigenvalue weighted by Gasteiger charge is -2.13. The molecule has 0 spiro atoms. The molecule has 0 aliphatic carbocycles. The Bertz CT molecular complexity index is 1430. The molecule has 4 aromatic rings. The third-order valence-corrected chi connectivity index (χ3v) is 5.37. The van der Waals surface area contributed by atoms with Crippen LogP contribution >= 0.6 is 0 Å². The molecule has 0 aliphatic heterocycles. The van der Waals surface area contributed by atoms with E-state index in [2.05, 4.69) is 10.3 Å². The number of benzene rings is 2. The summed E-state index contributed by atoms with van der Waals surface area (Å²) < 4.78 is 22.6. The molecular weight excluding hydrogens is 441 g/mol. The largest absolute Gasteiger partial charge is 0.383 e. The van der Waals surface area contributed by atoms with Gasteiger partial charge >= 0.3 is 5.69 Å². The summed E-state index contributed by atoms with van der Waals surface area (Å²) in [6, 6.07) is 14.9. The molecule has 34 heavy (non-hydrogen) atoms. The van der Waals surface area contributed by atoms with Gasteiger partial charge in [-0.1, -0.05) is 36.4 Å². The summed E-state index contributed by atoms with van der Waals surface area (Å²) in [5, 5.41) is 2.58. The maximum atomic E-state index is 13.4. The van der Waals surface area contributed by atoms with Gasteiger partial charge in [0, 0.05) is 32.3 Å². The minimum atomic E-state index is -0.558. The van der Waals surface area contributed by atoms with Crippen LogP contribution in [0.2, 0.25) is 0 Å². The van der Waals surface area contributed by atoms with E-state index in [9.17, 15) is 18.8 Å². The van der Waals surface area contributed by atoms with E-state index >= 15 is 0 Å². The molecule has 10 heteroatoms. The Hall–Kier alpha value is -4.05. The first kappa shape index (κ1) is 23.1. The van der Waals surface area contributed by atoms with Crippen molar-refractivity contribution in [2.75, 3.05) is 19.0 Å². The van der Waals surface area contributed by atoms with Gasteiger partial charge in [0.15, 0.2) is 11.2 Å². The maximum absolute atomic E-state index is 13.4. The van der Waals surface area contributed by atoms with E-state index < -0.39 is 23.0 Å². The Morgan fingerprint density at radius 2 is 1.85 bits per heavy atom. The van der Waals surface area contributed by atoms with Crippen molar-refractivity contribution >= 4 is 22.8 Å². The maximum Gasteiger partial charge on any atom is 0.333 e. The molecule has 2 aromatic heterocycles. The Labute approximate surface area is 194 Å². The monoisotopic (exact) mass is 465 g/mol. The Morgan fingerprint density at radius 3 is 2.59 bits per heavy atom. The summed E-state index contributed by atoms with van der Waals surface area (Å²) >= 11 is 0. The Kier molecular flexibility index (Phi) is 6.98. The number of anilines is 1. The van der Waals surface area contributed by atoms with Crippen LogP contribution in [0.25, 0.3) is 11.2 Å². The molecular formula is C24H24FN5O4. The molecule has 0 saturated carbocycles. The van der Waals surface area contributed by atoms with Gasteiger partial charge in [0.25, 0.3) is 5.56 Å². The number of ether oxygens (including phenoxy) is 1. The van der Waals surface area contributed by atoms with Gasteiger partial charge in [0.1, 0.15) is 5.82 Å². The van der Waals surface area contributed by atoms with Crippen LogP contribution in [0.5, 0.6) is 0 Å². The lowest BCUT2D eigenvalue weighted by Crippen LogP contribution is -2.41. The molecule has 1 amide bonds. The number of hydrogen-bond donors (Lipinski definition) is 1. The highest BCUT2D eigenvalue weighted by atomic mass is 19.1. The first-order chi connectivity index (χ1) is 16.5. The number of carbonyl (C=O) groups is 1. The van der Waals surface area contributed by atoms with E-state index in [0.29, 0.717) is 18.8 Å². The third kappa shape index (κ3) is 4.96. The zero-order chi connectivity index (χ0) is 24.1. The minimum absolute atomic E-state index is 0.140. The van der Waals surface area contributed by atoms with Crippen molar-refractivity contribution in [2.45, 2.75) is 26.1 Å². The fourth-order valence-corrected chi connectivity index (χ4v) is 3.71. The first-order valence-corrected chi connectivity index (χ1v) is 10.7. The topological polar surface area (TPSA) is 100 Å². The van der Waals surface area contributed by atoms with Crippen molar-refractivity contribution < 1.29 is 13.9 Å². The van der Waals surface area contributed by atoms with Crippen LogP contribution in [0.15, 0.2) is 70.5 Å². The van der Waals surface area contributed by atoms with Crippen LogP contribution in [0.1, 0.15) is 12.0 Å². The average Bonchev–Trinajstić information content (AvgIpc) is 3.25. The smallest absolute Gasteiger partial charge is 0.333 e. The molecule has 176 valence electrons. The number of amides is 1. The van der Waals surface area contributed by atoms with Gasteiger partial charge in [0.2, 0.25) is 5.91 Å². The molecule has 0 fully saturated rings. The van der Waals surface area contributed by atoms with Gasteiger partial charge in [-0.15, -0.1) is 0 Å². The highest BCUT2D eigenvalue weighted by Gasteiger charge is 2.19. The van der Waals surface area contributed by atoms with Crippen LogP contribution in [-0.2, 0) is 29.2 Å². The summed E-state index contributed by atoms with van der Waals surface area (Å²) in [6.07, 6.45) is 1.36. The van der Waals surface area contributed by atoms with Crippen LogP contribution in [0, 0.1) is 5.82 Å². The number of carbonyl (C=O) groups excluding carboxylic acids is 1. The molecule has 0 atom stereocenters. The van der Waals surface area contributed by atoms with Crippen LogP contribution in [-0.4, -0.2) is 38.3 Å². The summed E-state index contributed by atoms with van der Waals surface area (Å²) in [5.74, 6) is -0.924. The normalized spacial score (nSPS) is 11.1. The zero-order valence-electron chi connectivity index (χ0n) is 18.6. The predicted octanol–water partition coefficient (Wildman–Crippen LogP) is 2.22. The second-order valence-electron chi connectivity index (χ2n) is 7.72. The van der Waals surface area contributed by atoms with Gasteiger partial charge in [-0.25, -0.2) is 14.2 Å². The van der Waals surface area contributed by atoms with Gasteiger partial charge in [0.05, 0.1) is 19.5 Å². The highest BCUT2D eigenvalue weighted by Crippen LogP contribution is 2.11. The molecule has 0 aliphatic rings. The van der Waals surface area contributed by atoms with Crippen molar-refractivity contribution in [3.63, 3.8) is 0 Å². The number of halogens is 1. The standard InChI is InChI=1S/C24H24FN5O4/c1-34-13-12-28-16-26-22-21(28)23(32)29(24(33)30(22)15-17-6-3-2-4-7-17)11-10-20(31)27-19-9-5-8-18(25)14-19/h2-9,14,16H,10-13,15H2,1H3,(H,27,31). The molecule has 2 aromatic carbocycles. The van der Waals surface area contributed by atoms with Crippen LogP contribution in [0.3, 0.4) is 0 Å². The molecule has 2 heterocycles. The average molecular weight is 465 g/mol. The first-order valence-electron chi connectivity index (χ1n) is 10.7. The molecule has 0 bridgehead atoms. The van der Waals surface area contributed by atoms with Crippen molar-refractivity contribution in [1.29, 1.82) is 0 Å². The number of imidazole rings is 1. The van der Waals surface area contributed by atoms with E-state index in [-0.39, 0.29) is 30.7 Å². The van der Waals surface area contributed by atoms with Crippen molar-refractivity contribution in [3.05, 3.63) is 93.1 Å². The summed E-state index contributed by atoms with van der Waals surface area (Å²) in [6.45, 7) is 0.816. The van der Waals surface area contributed by atoms with Gasteiger partial charge in [-0.3, -0.25) is 18.7 Å². The van der Waals surface area contributed by atoms with Crippen molar-refractivity contribution in [1.82, 2.24) is 18.7 Å². The highest BCUT2D eigenvalue weighted by molar-refractivity contribution is 5.90. The number of methoxy groups -OCH3 is 1. The van der Waals surface area contributed by atoms with E-state index in [1.807, 2.05) is 30.3 Å².